The van der Waals surface area contributed by atoms with E-state index in [-0.39, 0.29) is 0 Å². The summed E-state index contributed by atoms with van der Waals surface area (Å²) in [7, 11) is 1.93. The van der Waals surface area contributed by atoms with Gasteiger partial charge >= 0.3 is 0 Å². The van der Waals surface area contributed by atoms with E-state index in [1.165, 1.54) is 0 Å². The van der Waals surface area contributed by atoms with E-state index in [1.54, 1.807) is 0 Å². The van der Waals surface area contributed by atoms with Gasteiger partial charge in [-0.05, 0) is 26.4 Å². The van der Waals surface area contributed by atoms with Crippen LogP contribution in [-0.4, -0.2) is 13.6 Å². The minimum absolute atomic E-state index is 0.537. The van der Waals surface area contributed by atoms with Crippen molar-refractivity contribution in [3.8, 4) is 0 Å². The van der Waals surface area contributed by atoms with E-state index in [0.717, 1.165) is 6.54 Å². The van der Waals surface area contributed by atoms with Crippen molar-refractivity contribution in [1.82, 2.24) is 5.32 Å². The lowest BCUT2D eigenvalue weighted by Gasteiger charge is -1.98. The number of nitrogens with one attached hydrogen (secondary N) is 1. The quantitative estimate of drug-likeness (QED) is 0.521. The number of hydrogen-bond acceptors (Lipinski definition) is 1. The van der Waals surface area contributed by atoms with Crippen LogP contribution in [0, 0.1) is 12.8 Å². The van der Waals surface area contributed by atoms with Crippen molar-refractivity contribution in [1.29, 1.82) is 0 Å². The van der Waals surface area contributed by atoms with Gasteiger partial charge in [0.25, 0.3) is 0 Å². The summed E-state index contributed by atoms with van der Waals surface area (Å²) in [6, 6.07) is 0. The minimum Gasteiger partial charge on any atom is -0.319 e. The lowest BCUT2D eigenvalue weighted by molar-refractivity contribution is 0.647. The van der Waals surface area contributed by atoms with Crippen molar-refractivity contribution in [2.75, 3.05) is 13.6 Å². The predicted molar refractivity (Wildman–Crippen MR) is 28.4 cm³/mol. The minimum atomic E-state index is 0.537. The molecule has 0 spiro atoms. The van der Waals surface area contributed by atoms with E-state index in [4.69, 9.17) is 0 Å². The predicted octanol–water partition coefficient (Wildman–Crippen LogP) is 0.676. The van der Waals surface area contributed by atoms with Crippen molar-refractivity contribution in [3.63, 3.8) is 0 Å². The summed E-state index contributed by atoms with van der Waals surface area (Å²) in [4.78, 5) is 0. The van der Waals surface area contributed by atoms with E-state index < -0.39 is 0 Å². The molecule has 1 heteroatoms. The second kappa shape index (κ2) is 3.16. The first kappa shape index (κ1) is 5.96. The average molecular weight is 86.2 g/mol. The maximum Gasteiger partial charge on any atom is -0.00262 e. The van der Waals surface area contributed by atoms with Crippen LogP contribution in [-0.2, 0) is 0 Å². The number of hydrogen-bond donors (Lipinski definition) is 1. The summed E-state index contributed by atoms with van der Waals surface area (Å²) in [5.41, 5.74) is 0. The molecule has 1 atom stereocenters. The van der Waals surface area contributed by atoms with Crippen LogP contribution in [0.15, 0.2) is 0 Å². The van der Waals surface area contributed by atoms with E-state index in [0.29, 0.717) is 5.92 Å². The van der Waals surface area contributed by atoms with Crippen molar-refractivity contribution in [2.45, 2.75) is 6.92 Å². The van der Waals surface area contributed by atoms with Crippen LogP contribution in [0.5, 0.6) is 0 Å². The van der Waals surface area contributed by atoms with Crippen molar-refractivity contribution < 1.29 is 0 Å². The van der Waals surface area contributed by atoms with Gasteiger partial charge in [0.2, 0.25) is 0 Å². The Hall–Kier alpha value is -0.0400. The highest BCUT2D eigenvalue weighted by Gasteiger charge is 1.84. The van der Waals surface area contributed by atoms with Crippen LogP contribution >= 0.6 is 0 Å². The second-order valence-corrected chi connectivity index (χ2v) is 1.66. The highest BCUT2D eigenvalue weighted by Crippen LogP contribution is 1.82. The average Bonchev–Trinajstić information content (AvgIpc) is 1.35. The van der Waals surface area contributed by atoms with E-state index >= 15 is 0 Å². The van der Waals surface area contributed by atoms with Gasteiger partial charge in [-0.1, -0.05) is 6.92 Å². The van der Waals surface area contributed by atoms with Crippen LogP contribution in [0.3, 0.4) is 0 Å². The third-order valence-electron chi connectivity index (χ3n) is 0.553. The van der Waals surface area contributed by atoms with Gasteiger partial charge in [0.15, 0.2) is 0 Å². The van der Waals surface area contributed by atoms with Gasteiger partial charge in [-0.25, -0.2) is 0 Å². The fourth-order valence-corrected chi connectivity index (χ4v) is 0.348. The van der Waals surface area contributed by atoms with Crippen molar-refractivity contribution in [3.05, 3.63) is 6.92 Å². The molecule has 0 amide bonds. The summed E-state index contributed by atoms with van der Waals surface area (Å²) in [6.07, 6.45) is 0. The summed E-state index contributed by atoms with van der Waals surface area (Å²) < 4.78 is 0. The van der Waals surface area contributed by atoms with Gasteiger partial charge in [-0.2, -0.15) is 0 Å². The molecule has 6 heavy (non-hydrogen) atoms. The van der Waals surface area contributed by atoms with Crippen molar-refractivity contribution in [2.24, 2.45) is 5.92 Å². The molecule has 0 rings (SSSR count). The molecule has 0 saturated carbocycles. The molecule has 1 N–H and O–H groups in total. The zero-order valence-electron chi connectivity index (χ0n) is 4.49. The molecule has 0 fully saturated rings. The topological polar surface area (TPSA) is 12.0 Å². The van der Waals surface area contributed by atoms with E-state index in [2.05, 4.69) is 19.2 Å². The molecule has 0 bridgehead atoms. The highest BCUT2D eigenvalue weighted by molar-refractivity contribution is 4.53. The molecule has 37 valence electrons. The molecule has 0 aromatic carbocycles. The Morgan fingerprint density at radius 1 is 1.83 bits per heavy atom. The second-order valence-electron chi connectivity index (χ2n) is 1.66. The van der Waals surface area contributed by atoms with Gasteiger partial charge in [-0.15, -0.1) is 0 Å². The third kappa shape index (κ3) is 3.96. The number of rotatable bonds is 2. The summed E-state index contributed by atoms with van der Waals surface area (Å²) in [6.45, 7) is 6.86. The normalized spacial score (nSPS) is 10.0. The van der Waals surface area contributed by atoms with Gasteiger partial charge in [-0.3, -0.25) is 0 Å². The summed E-state index contributed by atoms with van der Waals surface area (Å²) in [5, 5.41) is 3.00. The lowest BCUT2D eigenvalue weighted by atomic mass is 10.2. The molecule has 1 radical (unpaired) electrons. The molecule has 1 unspecified atom stereocenters. The Morgan fingerprint density at radius 3 is 2.33 bits per heavy atom. The van der Waals surface area contributed by atoms with Gasteiger partial charge in [0.05, 0.1) is 0 Å². The van der Waals surface area contributed by atoms with Gasteiger partial charge < -0.3 is 5.32 Å². The molecule has 0 heterocycles. The van der Waals surface area contributed by atoms with Gasteiger partial charge in [0.1, 0.15) is 0 Å². The molecule has 0 aromatic heterocycles. The smallest absolute Gasteiger partial charge is 0.00262 e. The Balaban J connectivity index is 2.63. The Bertz CT molecular complexity index is 25.1. The summed E-state index contributed by atoms with van der Waals surface area (Å²) in [5.74, 6) is 0.537. The zero-order valence-corrected chi connectivity index (χ0v) is 4.49. The fourth-order valence-electron chi connectivity index (χ4n) is 0.348. The first-order valence-corrected chi connectivity index (χ1v) is 2.25. The Morgan fingerprint density at radius 2 is 2.33 bits per heavy atom. The molecule has 1 nitrogen and oxygen atoms in total. The molecular formula is C5H12N. The SMILES string of the molecule is [CH2]C(C)CNC. The van der Waals surface area contributed by atoms with Crippen LogP contribution < -0.4 is 5.32 Å². The monoisotopic (exact) mass is 86.1 g/mol. The van der Waals surface area contributed by atoms with Crippen LogP contribution in [0.4, 0.5) is 0 Å². The standard InChI is InChI=1S/C5H12N/c1-5(2)4-6-3/h5-6H,1,4H2,2-3H3. The first-order chi connectivity index (χ1) is 2.77. The molecule has 0 aliphatic carbocycles. The largest absolute Gasteiger partial charge is 0.319 e. The first-order valence-electron chi connectivity index (χ1n) is 2.25. The van der Waals surface area contributed by atoms with Crippen LogP contribution in [0.2, 0.25) is 0 Å². The van der Waals surface area contributed by atoms with Crippen LogP contribution in [0.1, 0.15) is 6.92 Å². The van der Waals surface area contributed by atoms with E-state index in [9.17, 15) is 0 Å². The molecular weight excluding hydrogens is 74.1 g/mol. The lowest BCUT2D eigenvalue weighted by Crippen LogP contribution is -2.13. The maximum absolute atomic E-state index is 3.77. The van der Waals surface area contributed by atoms with Crippen LogP contribution in [0.25, 0.3) is 0 Å². The molecule has 0 aliphatic rings. The molecule has 0 saturated heterocycles. The van der Waals surface area contributed by atoms with E-state index in [1.807, 2.05) is 7.05 Å². The Kier molecular flexibility index (Phi) is 3.14. The van der Waals surface area contributed by atoms with Crippen molar-refractivity contribution >= 4 is 0 Å². The fraction of sp³-hybridized carbons (Fsp3) is 0.800. The maximum atomic E-state index is 3.77. The molecule has 0 aromatic rings. The van der Waals surface area contributed by atoms with Gasteiger partial charge in [0, 0.05) is 0 Å². The Labute approximate surface area is 39.7 Å². The summed E-state index contributed by atoms with van der Waals surface area (Å²) >= 11 is 0. The highest BCUT2D eigenvalue weighted by atomic mass is 14.8. The molecule has 0 aliphatic heterocycles. The zero-order chi connectivity index (χ0) is 4.99. The third-order valence-corrected chi connectivity index (χ3v) is 0.553.